The minimum Gasteiger partial charge on any atom is -0.329 e. The van der Waals surface area contributed by atoms with Gasteiger partial charge in [0.1, 0.15) is 0 Å². The van der Waals surface area contributed by atoms with E-state index in [1.165, 1.54) is 12.5 Å². The van der Waals surface area contributed by atoms with E-state index >= 15 is 0 Å². The van der Waals surface area contributed by atoms with Crippen LogP contribution >= 0.6 is 15.9 Å². The van der Waals surface area contributed by atoms with Crippen molar-refractivity contribution in [3.8, 4) is 0 Å². The Balaban J connectivity index is 2.24. The number of piperidine rings is 1. The summed E-state index contributed by atoms with van der Waals surface area (Å²) in [6, 6.07) is 6.03. The molecule has 0 radical (unpaired) electrons. The van der Waals surface area contributed by atoms with Crippen molar-refractivity contribution >= 4 is 21.6 Å². The van der Waals surface area contributed by atoms with Crippen LogP contribution in [0.1, 0.15) is 31.7 Å². The van der Waals surface area contributed by atoms with Gasteiger partial charge in [-0.05, 0) is 41.3 Å². The van der Waals surface area contributed by atoms with Crippen LogP contribution in [0.5, 0.6) is 0 Å². The van der Waals surface area contributed by atoms with Crippen LogP contribution in [0.2, 0.25) is 0 Å². The molecule has 1 aromatic carbocycles. The third-order valence-electron chi connectivity index (χ3n) is 4.07. The highest BCUT2D eigenvalue weighted by Crippen LogP contribution is 2.31. The van der Waals surface area contributed by atoms with E-state index in [-0.39, 0.29) is 10.6 Å². The molecule has 6 heteroatoms. The van der Waals surface area contributed by atoms with Crippen molar-refractivity contribution in [3.63, 3.8) is 0 Å². The van der Waals surface area contributed by atoms with Crippen molar-refractivity contribution < 1.29 is 4.92 Å². The molecule has 2 unspecified atom stereocenters. The number of nitrogens with zero attached hydrogens (tertiary/aromatic N) is 2. The number of benzene rings is 1. The second-order valence-electron chi connectivity index (χ2n) is 5.35. The Hall–Kier alpha value is -0.980. The zero-order chi connectivity index (χ0) is 14.7. The summed E-state index contributed by atoms with van der Waals surface area (Å²) in [5, 5.41) is 11.0. The smallest absolute Gasteiger partial charge is 0.283 e. The molecule has 1 aliphatic heterocycles. The maximum atomic E-state index is 11.0. The molecule has 20 heavy (non-hydrogen) atoms. The molecule has 1 aliphatic rings. The Kier molecular flexibility index (Phi) is 5.12. The molecule has 2 rings (SSSR count). The Morgan fingerprint density at radius 2 is 2.25 bits per heavy atom. The van der Waals surface area contributed by atoms with Gasteiger partial charge in [0, 0.05) is 31.2 Å². The van der Waals surface area contributed by atoms with Gasteiger partial charge in [-0.25, -0.2) is 0 Å². The van der Waals surface area contributed by atoms with Gasteiger partial charge in [-0.2, -0.15) is 0 Å². The van der Waals surface area contributed by atoms with E-state index in [1.54, 1.807) is 6.07 Å². The number of nitro benzene ring substituents is 1. The summed E-state index contributed by atoms with van der Waals surface area (Å²) in [5.41, 5.74) is 6.94. The van der Waals surface area contributed by atoms with Crippen LogP contribution in [0, 0.1) is 10.1 Å². The van der Waals surface area contributed by atoms with Gasteiger partial charge in [0.05, 0.1) is 9.40 Å². The van der Waals surface area contributed by atoms with Gasteiger partial charge in [0.15, 0.2) is 0 Å². The zero-order valence-corrected chi connectivity index (χ0v) is 13.2. The predicted molar refractivity (Wildman–Crippen MR) is 82.5 cm³/mol. The SMILES string of the molecule is CC1CCCC(CN)N1Cc1cccc([N+](=O)[O-])c1Br. The van der Waals surface area contributed by atoms with Crippen molar-refractivity contribution in [2.24, 2.45) is 5.73 Å². The minimum atomic E-state index is -0.354. The quantitative estimate of drug-likeness (QED) is 0.674. The second-order valence-corrected chi connectivity index (χ2v) is 6.14. The maximum Gasteiger partial charge on any atom is 0.283 e. The lowest BCUT2D eigenvalue weighted by Gasteiger charge is -2.40. The summed E-state index contributed by atoms with van der Waals surface area (Å²) in [6.07, 6.45) is 3.46. The molecular weight excluding hydrogens is 322 g/mol. The van der Waals surface area contributed by atoms with E-state index in [1.807, 2.05) is 6.07 Å². The van der Waals surface area contributed by atoms with Crippen LogP contribution < -0.4 is 5.73 Å². The van der Waals surface area contributed by atoms with Crippen molar-refractivity contribution in [1.82, 2.24) is 4.90 Å². The zero-order valence-electron chi connectivity index (χ0n) is 11.6. The van der Waals surface area contributed by atoms with E-state index < -0.39 is 0 Å². The van der Waals surface area contributed by atoms with E-state index in [0.29, 0.717) is 29.6 Å². The van der Waals surface area contributed by atoms with Gasteiger partial charge in [0.2, 0.25) is 0 Å². The number of halogens is 1. The number of hydrogen-bond acceptors (Lipinski definition) is 4. The first-order valence-corrected chi connectivity index (χ1v) is 7.71. The first kappa shape index (κ1) is 15.4. The monoisotopic (exact) mass is 341 g/mol. The fraction of sp³-hybridized carbons (Fsp3) is 0.571. The number of nitro groups is 1. The normalized spacial score (nSPS) is 23.8. The molecule has 110 valence electrons. The molecule has 0 saturated carbocycles. The molecule has 5 nitrogen and oxygen atoms in total. The summed E-state index contributed by atoms with van der Waals surface area (Å²) in [4.78, 5) is 13.0. The molecule has 1 fully saturated rings. The van der Waals surface area contributed by atoms with Gasteiger partial charge in [-0.3, -0.25) is 15.0 Å². The minimum absolute atomic E-state index is 0.122. The van der Waals surface area contributed by atoms with Crippen LogP contribution in [-0.4, -0.2) is 28.5 Å². The van der Waals surface area contributed by atoms with Crippen LogP contribution in [-0.2, 0) is 6.54 Å². The van der Waals surface area contributed by atoms with E-state index in [4.69, 9.17) is 5.73 Å². The summed E-state index contributed by atoms with van der Waals surface area (Å²) < 4.78 is 0.582. The Bertz CT molecular complexity index is 495. The lowest BCUT2D eigenvalue weighted by Crippen LogP contribution is -2.48. The van der Waals surface area contributed by atoms with E-state index in [0.717, 1.165) is 18.4 Å². The Morgan fingerprint density at radius 3 is 2.90 bits per heavy atom. The highest BCUT2D eigenvalue weighted by molar-refractivity contribution is 9.10. The average Bonchev–Trinajstić information content (AvgIpc) is 2.42. The predicted octanol–water partition coefficient (Wildman–Crippen LogP) is 3.06. The Labute approximate surface area is 127 Å². The number of nitrogens with two attached hydrogens (primary N) is 1. The Morgan fingerprint density at radius 1 is 1.50 bits per heavy atom. The van der Waals surface area contributed by atoms with Gasteiger partial charge in [-0.1, -0.05) is 18.6 Å². The molecular formula is C14H20BrN3O2. The molecule has 0 spiro atoms. The summed E-state index contributed by atoms with van der Waals surface area (Å²) in [5.74, 6) is 0. The average molecular weight is 342 g/mol. The van der Waals surface area contributed by atoms with Crippen molar-refractivity contribution in [3.05, 3.63) is 38.3 Å². The lowest BCUT2D eigenvalue weighted by molar-refractivity contribution is -0.385. The van der Waals surface area contributed by atoms with Crippen LogP contribution in [0.15, 0.2) is 22.7 Å². The van der Waals surface area contributed by atoms with E-state index in [2.05, 4.69) is 27.8 Å². The maximum absolute atomic E-state index is 11.0. The molecule has 1 saturated heterocycles. The number of hydrogen-bond donors (Lipinski definition) is 1. The van der Waals surface area contributed by atoms with Gasteiger partial charge < -0.3 is 5.73 Å². The van der Waals surface area contributed by atoms with Crippen molar-refractivity contribution in [1.29, 1.82) is 0 Å². The summed E-state index contributed by atoms with van der Waals surface area (Å²) in [6.45, 7) is 3.54. The fourth-order valence-corrected chi connectivity index (χ4v) is 3.44. The van der Waals surface area contributed by atoms with Crippen LogP contribution in [0.25, 0.3) is 0 Å². The molecule has 1 aromatic rings. The third-order valence-corrected chi connectivity index (χ3v) is 4.99. The fourth-order valence-electron chi connectivity index (χ4n) is 2.90. The van der Waals surface area contributed by atoms with E-state index in [9.17, 15) is 10.1 Å². The first-order chi connectivity index (χ1) is 9.54. The largest absolute Gasteiger partial charge is 0.329 e. The molecule has 0 aliphatic carbocycles. The van der Waals surface area contributed by atoms with Gasteiger partial charge in [-0.15, -0.1) is 0 Å². The third kappa shape index (κ3) is 3.19. The van der Waals surface area contributed by atoms with Gasteiger partial charge in [0.25, 0.3) is 5.69 Å². The highest BCUT2D eigenvalue weighted by Gasteiger charge is 2.28. The van der Waals surface area contributed by atoms with Crippen LogP contribution in [0.3, 0.4) is 0 Å². The summed E-state index contributed by atoms with van der Waals surface area (Å²) >= 11 is 3.37. The molecule has 0 bridgehead atoms. The second kappa shape index (κ2) is 6.65. The highest BCUT2D eigenvalue weighted by atomic mass is 79.9. The first-order valence-electron chi connectivity index (χ1n) is 6.92. The van der Waals surface area contributed by atoms with Crippen LogP contribution in [0.4, 0.5) is 5.69 Å². The molecule has 0 aromatic heterocycles. The molecule has 2 N–H and O–H groups in total. The number of rotatable bonds is 4. The number of likely N-dealkylation sites (tertiary alicyclic amines) is 1. The van der Waals surface area contributed by atoms with Crippen molar-refractivity contribution in [2.75, 3.05) is 6.54 Å². The summed E-state index contributed by atoms with van der Waals surface area (Å²) in [7, 11) is 0. The molecule has 2 atom stereocenters. The standard InChI is InChI=1S/C14H20BrN3O2/c1-10-4-2-6-12(8-16)17(10)9-11-5-3-7-13(14(11)15)18(19)20/h3,5,7,10,12H,2,4,6,8-9,16H2,1H3. The van der Waals surface area contributed by atoms with Crippen molar-refractivity contribution in [2.45, 2.75) is 44.8 Å². The molecule has 0 amide bonds. The molecule has 1 heterocycles. The lowest BCUT2D eigenvalue weighted by atomic mass is 9.95. The topological polar surface area (TPSA) is 72.4 Å². The van der Waals surface area contributed by atoms with Gasteiger partial charge >= 0.3 is 0 Å².